The van der Waals surface area contributed by atoms with Crippen LogP contribution in [0.3, 0.4) is 0 Å². The number of hydrogen-bond donors (Lipinski definition) is 1. The van der Waals surface area contributed by atoms with Gasteiger partial charge < -0.3 is 5.32 Å². The van der Waals surface area contributed by atoms with Crippen LogP contribution >= 0.6 is 15.9 Å². The van der Waals surface area contributed by atoms with Crippen LogP contribution in [0.25, 0.3) is 0 Å². The van der Waals surface area contributed by atoms with Crippen LogP contribution in [0.15, 0.2) is 33.6 Å². The lowest BCUT2D eigenvalue weighted by atomic mass is 9.94. The monoisotopic (exact) mass is 344 g/mol. The molecule has 2 fully saturated rings. The largest absolute Gasteiger partial charge is 0.315 e. The fourth-order valence-corrected chi connectivity index (χ4v) is 5.79. The zero-order valence-corrected chi connectivity index (χ0v) is 13.0. The quantitative estimate of drug-likeness (QED) is 0.890. The second kappa shape index (κ2) is 5.16. The van der Waals surface area contributed by atoms with Gasteiger partial charge in [-0.2, -0.15) is 4.31 Å². The van der Waals surface area contributed by atoms with E-state index in [1.54, 1.807) is 22.5 Å². The van der Waals surface area contributed by atoms with Crippen LogP contribution < -0.4 is 5.32 Å². The van der Waals surface area contributed by atoms with E-state index in [0.29, 0.717) is 21.8 Å². The molecule has 6 heteroatoms. The Bertz CT molecular complexity index is 576. The van der Waals surface area contributed by atoms with Gasteiger partial charge in [-0.25, -0.2) is 8.42 Å². The van der Waals surface area contributed by atoms with Gasteiger partial charge in [0.2, 0.25) is 10.0 Å². The van der Waals surface area contributed by atoms with Crippen molar-refractivity contribution in [2.45, 2.75) is 23.8 Å². The van der Waals surface area contributed by atoms with Gasteiger partial charge in [-0.3, -0.25) is 0 Å². The Morgan fingerprint density at radius 1 is 1.26 bits per heavy atom. The van der Waals surface area contributed by atoms with Crippen LogP contribution in [0.5, 0.6) is 0 Å². The lowest BCUT2D eigenvalue weighted by molar-refractivity contribution is 0.217. The molecule has 0 spiro atoms. The summed E-state index contributed by atoms with van der Waals surface area (Å²) in [5.41, 5.74) is 0. The Morgan fingerprint density at radius 2 is 2.05 bits per heavy atom. The number of rotatable bonds is 2. The Hall–Kier alpha value is -0.430. The van der Waals surface area contributed by atoms with Crippen molar-refractivity contribution in [3.63, 3.8) is 0 Å². The van der Waals surface area contributed by atoms with Gasteiger partial charge in [0.15, 0.2) is 0 Å². The number of hydrogen-bond acceptors (Lipinski definition) is 3. The molecule has 19 heavy (non-hydrogen) atoms. The molecule has 2 aliphatic heterocycles. The Kier molecular flexibility index (Phi) is 3.68. The van der Waals surface area contributed by atoms with Crippen molar-refractivity contribution in [1.82, 2.24) is 9.62 Å². The molecule has 2 aliphatic rings. The zero-order chi connectivity index (χ0) is 13.5. The number of fused-ring (bicyclic) bond motifs is 1. The first-order valence-electron chi connectivity index (χ1n) is 6.58. The van der Waals surface area contributed by atoms with E-state index in [2.05, 4.69) is 21.2 Å². The maximum atomic E-state index is 12.8. The second-order valence-corrected chi connectivity index (χ2v) is 7.89. The molecular formula is C13H17BrN2O2S. The number of benzene rings is 1. The van der Waals surface area contributed by atoms with Gasteiger partial charge in [-0.1, -0.05) is 12.1 Å². The highest BCUT2D eigenvalue weighted by molar-refractivity contribution is 9.10. The fraction of sp³-hybridized carbons (Fsp3) is 0.538. The first-order chi connectivity index (χ1) is 9.10. The molecule has 2 saturated heterocycles. The van der Waals surface area contributed by atoms with Crippen molar-refractivity contribution in [3.05, 3.63) is 28.7 Å². The number of halogens is 1. The predicted molar refractivity (Wildman–Crippen MR) is 77.4 cm³/mol. The van der Waals surface area contributed by atoms with Crippen LogP contribution in [-0.2, 0) is 10.0 Å². The molecule has 1 aromatic carbocycles. The Labute approximate surface area is 122 Å². The minimum Gasteiger partial charge on any atom is -0.315 e. The molecule has 0 radical (unpaired) electrons. The summed E-state index contributed by atoms with van der Waals surface area (Å²) >= 11 is 3.35. The maximum absolute atomic E-state index is 12.8. The number of sulfonamides is 1. The van der Waals surface area contributed by atoms with E-state index in [1.165, 1.54) is 0 Å². The molecule has 1 aromatic rings. The molecule has 0 bridgehead atoms. The molecule has 0 amide bonds. The lowest BCUT2D eigenvalue weighted by Gasteiger charge is -2.36. The second-order valence-electron chi connectivity index (χ2n) is 5.17. The highest BCUT2D eigenvalue weighted by Gasteiger charge is 2.41. The minimum absolute atomic E-state index is 0.117. The van der Waals surface area contributed by atoms with Crippen LogP contribution in [0.4, 0.5) is 0 Å². The van der Waals surface area contributed by atoms with Crippen molar-refractivity contribution in [3.8, 4) is 0 Å². The van der Waals surface area contributed by atoms with Gasteiger partial charge in [0.25, 0.3) is 0 Å². The summed E-state index contributed by atoms with van der Waals surface area (Å²) in [6.07, 6.45) is 2.08. The molecule has 2 heterocycles. The van der Waals surface area contributed by atoms with E-state index in [0.717, 1.165) is 25.9 Å². The lowest BCUT2D eigenvalue weighted by Crippen LogP contribution is -2.48. The molecule has 0 saturated carbocycles. The summed E-state index contributed by atoms with van der Waals surface area (Å²) in [6, 6.07) is 7.17. The van der Waals surface area contributed by atoms with Crippen molar-refractivity contribution in [2.75, 3.05) is 19.6 Å². The molecule has 2 atom stereocenters. The van der Waals surface area contributed by atoms with Crippen LogP contribution in [-0.4, -0.2) is 38.4 Å². The number of nitrogens with one attached hydrogen (secondary N) is 1. The number of piperidine rings is 1. The third-order valence-electron chi connectivity index (χ3n) is 4.05. The first kappa shape index (κ1) is 13.5. The molecule has 3 rings (SSSR count). The molecule has 0 aromatic heterocycles. The average molecular weight is 345 g/mol. The van der Waals surface area contributed by atoms with Crippen molar-refractivity contribution in [1.29, 1.82) is 0 Å². The molecule has 1 N–H and O–H groups in total. The third kappa shape index (κ3) is 2.35. The summed E-state index contributed by atoms with van der Waals surface area (Å²) in [5, 5.41) is 3.31. The topological polar surface area (TPSA) is 49.4 Å². The molecule has 4 nitrogen and oxygen atoms in total. The van der Waals surface area contributed by atoms with Gasteiger partial charge in [-0.05, 0) is 53.4 Å². The maximum Gasteiger partial charge on any atom is 0.244 e. The number of nitrogens with zero attached hydrogens (tertiary/aromatic N) is 1. The molecule has 0 aliphatic carbocycles. The highest BCUT2D eigenvalue weighted by atomic mass is 79.9. The standard InChI is InChI=1S/C13H17BrN2O2S/c14-11-5-1-2-6-13(11)19(17,18)16-7-3-4-10-8-15-9-12(10)16/h1-2,5-6,10,12,15H,3-4,7-9H2. The summed E-state index contributed by atoms with van der Waals surface area (Å²) in [5.74, 6) is 0.464. The summed E-state index contributed by atoms with van der Waals surface area (Å²) in [4.78, 5) is 0.377. The van der Waals surface area contributed by atoms with Crippen molar-refractivity contribution in [2.24, 2.45) is 5.92 Å². The summed E-state index contributed by atoms with van der Waals surface area (Å²) in [7, 11) is -3.40. The molecule has 104 valence electrons. The Balaban J connectivity index is 1.98. The summed E-state index contributed by atoms with van der Waals surface area (Å²) < 4.78 is 28.0. The van der Waals surface area contributed by atoms with Gasteiger partial charge in [0, 0.05) is 23.6 Å². The van der Waals surface area contributed by atoms with Gasteiger partial charge in [-0.15, -0.1) is 0 Å². The molecule has 2 unspecified atom stereocenters. The zero-order valence-electron chi connectivity index (χ0n) is 10.5. The van der Waals surface area contributed by atoms with Gasteiger partial charge in [0.1, 0.15) is 0 Å². The van der Waals surface area contributed by atoms with E-state index in [-0.39, 0.29) is 6.04 Å². The summed E-state index contributed by atoms with van der Waals surface area (Å²) in [6.45, 7) is 2.34. The average Bonchev–Trinajstić information content (AvgIpc) is 2.86. The third-order valence-corrected chi connectivity index (χ3v) is 6.99. The van der Waals surface area contributed by atoms with E-state index >= 15 is 0 Å². The van der Waals surface area contributed by atoms with Gasteiger partial charge in [0.05, 0.1) is 4.90 Å². The first-order valence-corrected chi connectivity index (χ1v) is 8.81. The van der Waals surface area contributed by atoms with Crippen LogP contribution in [0.2, 0.25) is 0 Å². The molecular weight excluding hydrogens is 328 g/mol. The fourth-order valence-electron chi connectivity index (χ4n) is 3.10. The van der Waals surface area contributed by atoms with Crippen LogP contribution in [0.1, 0.15) is 12.8 Å². The smallest absolute Gasteiger partial charge is 0.244 e. The van der Waals surface area contributed by atoms with E-state index < -0.39 is 10.0 Å². The SMILES string of the molecule is O=S(=O)(c1ccccc1Br)N1CCCC2CNCC21. The van der Waals surface area contributed by atoms with E-state index in [1.807, 2.05) is 6.07 Å². The Morgan fingerprint density at radius 3 is 2.84 bits per heavy atom. The predicted octanol–water partition coefficient (Wildman–Crippen LogP) is 1.82. The van der Waals surface area contributed by atoms with Crippen LogP contribution in [0, 0.1) is 5.92 Å². The minimum atomic E-state index is -3.40. The van der Waals surface area contributed by atoms with Crippen molar-refractivity contribution < 1.29 is 8.42 Å². The van der Waals surface area contributed by atoms with Gasteiger partial charge >= 0.3 is 0 Å². The van der Waals surface area contributed by atoms with E-state index in [4.69, 9.17) is 0 Å². The van der Waals surface area contributed by atoms with Crippen molar-refractivity contribution >= 4 is 26.0 Å². The van der Waals surface area contributed by atoms with E-state index in [9.17, 15) is 8.42 Å². The highest BCUT2D eigenvalue weighted by Crippen LogP contribution is 2.33. The normalized spacial score (nSPS) is 28.3.